The number of nitrogens with two attached hydrogens (primary N) is 1. The minimum Gasteiger partial charge on any atom is -0.324 e. The summed E-state index contributed by atoms with van der Waals surface area (Å²) in [5.74, 6) is 0.827. The van der Waals surface area contributed by atoms with Crippen LogP contribution in [0.1, 0.15) is 5.82 Å². The van der Waals surface area contributed by atoms with Gasteiger partial charge in [-0.1, -0.05) is 23.7 Å². The van der Waals surface area contributed by atoms with E-state index in [0.29, 0.717) is 22.3 Å². The van der Waals surface area contributed by atoms with Crippen molar-refractivity contribution in [2.45, 2.75) is 6.54 Å². The molecule has 2 aromatic heterocycles. The molecule has 0 spiro atoms. The molecule has 0 saturated heterocycles. The zero-order chi connectivity index (χ0) is 13.4. The molecule has 3 N–H and O–H groups in total. The molecule has 0 bridgehead atoms. The Bertz CT molecular complexity index is 790. The highest BCUT2D eigenvalue weighted by atomic mass is 35.5. The molecule has 1 aromatic carbocycles. The molecule has 0 radical (unpaired) electrons. The lowest BCUT2D eigenvalue weighted by Gasteiger charge is -2.01. The van der Waals surface area contributed by atoms with Crippen molar-refractivity contribution >= 4 is 17.4 Å². The van der Waals surface area contributed by atoms with Crippen molar-refractivity contribution in [2.75, 3.05) is 0 Å². The molecule has 0 aliphatic carbocycles. The number of nitrogens with zero attached hydrogens (tertiary/aromatic N) is 3. The number of H-pyrrole nitrogens is 1. The van der Waals surface area contributed by atoms with Crippen LogP contribution >= 0.6 is 11.6 Å². The number of rotatable bonds is 2. The van der Waals surface area contributed by atoms with Gasteiger partial charge in [-0.05, 0) is 12.1 Å². The zero-order valence-electron chi connectivity index (χ0n) is 9.80. The van der Waals surface area contributed by atoms with Crippen LogP contribution in [0, 0.1) is 0 Å². The van der Waals surface area contributed by atoms with Crippen LogP contribution in [-0.2, 0) is 6.54 Å². The van der Waals surface area contributed by atoms with E-state index >= 15 is 0 Å². The lowest BCUT2D eigenvalue weighted by molar-refractivity contribution is 0.867. The van der Waals surface area contributed by atoms with E-state index in [9.17, 15) is 4.79 Å². The predicted molar refractivity (Wildman–Crippen MR) is 71.9 cm³/mol. The van der Waals surface area contributed by atoms with Gasteiger partial charge in [-0.2, -0.15) is 5.10 Å². The number of benzene rings is 1. The van der Waals surface area contributed by atoms with E-state index in [1.54, 1.807) is 24.3 Å². The van der Waals surface area contributed by atoms with Gasteiger partial charge in [0.1, 0.15) is 0 Å². The summed E-state index contributed by atoms with van der Waals surface area (Å²) in [4.78, 5) is 16.4. The predicted octanol–water partition coefficient (Wildman–Crippen LogP) is 1.20. The molecule has 0 aliphatic heterocycles. The number of aromatic amines is 1. The lowest BCUT2D eigenvalue weighted by Crippen LogP contribution is -2.17. The van der Waals surface area contributed by atoms with Crippen molar-refractivity contribution in [1.29, 1.82) is 0 Å². The highest BCUT2D eigenvalue weighted by Crippen LogP contribution is 2.18. The number of nitrogens with one attached hydrogen (secondary N) is 1. The Labute approximate surface area is 112 Å². The van der Waals surface area contributed by atoms with Gasteiger partial charge < -0.3 is 5.73 Å². The van der Waals surface area contributed by atoms with Crippen molar-refractivity contribution in [2.24, 2.45) is 5.73 Å². The molecule has 7 heteroatoms. The van der Waals surface area contributed by atoms with Gasteiger partial charge in [0.2, 0.25) is 5.78 Å². The van der Waals surface area contributed by atoms with E-state index in [1.165, 1.54) is 10.5 Å². The molecule has 0 saturated carbocycles. The Hall–Kier alpha value is -2.18. The standard InChI is InChI=1S/C12H10ClN5O/c13-8-3-1-7(2-4-8)9-5-11(19)18-10(6-14)16-17-12(18)15-9/h1-5H,6,14H2,(H,15,17). The second-order valence-corrected chi connectivity index (χ2v) is 4.43. The van der Waals surface area contributed by atoms with Crippen molar-refractivity contribution in [1.82, 2.24) is 19.6 Å². The van der Waals surface area contributed by atoms with Crippen molar-refractivity contribution in [3.8, 4) is 11.3 Å². The molecule has 6 nitrogen and oxygen atoms in total. The Morgan fingerprint density at radius 1 is 1.32 bits per heavy atom. The molecule has 0 unspecified atom stereocenters. The first-order chi connectivity index (χ1) is 9.19. The fraction of sp³-hybridized carbons (Fsp3) is 0.0833. The van der Waals surface area contributed by atoms with Crippen LogP contribution in [0.25, 0.3) is 17.0 Å². The summed E-state index contributed by atoms with van der Waals surface area (Å²) in [7, 11) is 0. The number of halogens is 1. The molecule has 0 atom stereocenters. The van der Waals surface area contributed by atoms with E-state index in [2.05, 4.69) is 15.2 Å². The first kappa shape index (κ1) is 11.9. The first-order valence-electron chi connectivity index (χ1n) is 5.62. The van der Waals surface area contributed by atoms with E-state index in [0.717, 1.165) is 5.56 Å². The summed E-state index contributed by atoms with van der Waals surface area (Å²) in [6, 6.07) is 8.56. The third-order valence-corrected chi connectivity index (χ3v) is 3.04. The van der Waals surface area contributed by atoms with Gasteiger partial charge in [-0.3, -0.25) is 4.79 Å². The Morgan fingerprint density at radius 3 is 2.74 bits per heavy atom. The van der Waals surface area contributed by atoms with E-state index in [1.807, 2.05) is 0 Å². The quantitative estimate of drug-likeness (QED) is 0.735. The normalized spacial score (nSPS) is 11.1. The van der Waals surface area contributed by atoms with Crippen LogP contribution < -0.4 is 11.3 Å². The second kappa shape index (κ2) is 4.49. The fourth-order valence-corrected chi connectivity index (χ4v) is 2.00. The summed E-state index contributed by atoms with van der Waals surface area (Å²) >= 11 is 5.83. The van der Waals surface area contributed by atoms with Gasteiger partial charge in [0, 0.05) is 16.7 Å². The monoisotopic (exact) mass is 275 g/mol. The van der Waals surface area contributed by atoms with Crippen LogP contribution in [0.3, 0.4) is 0 Å². The minimum absolute atomic E-state index is 0.169. The molecule has 19 heavy (non-hydrogen) atoms. The van der Waals surface area contributed by atoms with Crippen LogP contribution in [0.15, 0.2) is 35.1 Å². The average molecular weight is 276 g/mol. The summed E-state index contributed by atoms with van der Waals surface area (Å²) in [5.41, 5.74) is 6.67. The SMILES string of the molecule is NCc1n[nH]c2nc(-c3ccc(Cl)cc3)cc(=O)n12. The summed E-state index contributed by atoms with van der Waals surface area (Å²) in [6.07, 6.45) is 0. The van der Waals surface area contributed by atoms with Crippen LogP contribution in [0.5, 0.6) is 0 Å². The fourth-order valence-electron chi connectivity index (χ4n) is 1.88. The summed E-state index contributed by atoms with van der Waals surface area (Å²) in [5, 5.41) is 7.28. The summed E-state index contributed by atoms with van der Waals surface area (Å²) in [6.45, 7) is 0.169. The average Bonchev–Trinajstić information content (AvgIpc) is 2.83. The molecule has 2 heterocycles. The largest absolute Gasteiger partial charge is 0.324 e. The third-order valence-electron chi connectivity index (χ3n) is 2.78. The smallest absolute Gasteiger partial charge is 0.261 e. The maximum absolute atomic E-state index is 12.1. The molecule has 3 aromatic rings. The number of hydrogen-bond acceptors (Lipinski definition) is 4. The van der Waals surface area contributed by atoms with Gasteiger partial charge >= 0.3 is 0 Å². The highest BCUT2D eigenvalue weighted by Gasteiger charge is 2.09. The molecular formula is C12H10ClN5O. The highest BCUT2D eigenvalue weighted by molar-refractivity contribution is 6.30. The van der Waals surface area contributed by atoms with Crippen LogP contribution in [0.4, 0.5) is 0 Å². The Kier molecular flexibility index (Phi) is 2.81. The maximum Gasteiger partial charge on any atom is 0.261 e. The topological polar surface area (TPSA) is 89.1 Å². The van der Waals surface area contributed by atoms with Crippen molar-refractivity contribution < 1.29 is 0 Å². The van der Waals surface area contributed by atoms with E-state index in [4.69, 9.17) is 17.3 Å². The number of aromatic nitrogens is 4. The molecule has 3 rings (SSSR count). The van der Waals surface area contributed by atoms with E-state index in [-0.39, 0.29) is 12.1 Å². The molecular weight excluding hydrogens is 266 g/mol. The summed E-state index contributed by atoms with van der Waals surface area (Å²) < 4.78 is 1.36. The van der Waals surface area contributed by atoms with Crippen LogP contribution in [-0.4, -0.2) is 19.6 Å². The van der Waals surface area contributed by atoms with E-state index < -0.39 is 0 Å². The van der Waals surface area contributed by atoms with Gasteiger partial charge in [-0.15, -0.1) is 0 Å². The van der Waals surface area contributed by atoms with Crippen molar-refractivity contribution in [3.63, 3.8) is 0 Å². The lowest BCUT2D eigenvalue weighted by atomic mass is 10.1. The first-order valence-corrected chi connectivity index (χ1v) is 6.00. The molecule has 96 valence electrons. The van der Waals surface area contributed by atoms with Gasteiger partial charge in [-0.25, -0.2) is 14.5 Å². The third kappa shape index (κ3) is 2.00. The Balaban J connectivity index is 2.21. The maximum atomic E-state index is 12.1. The minimum atomic E-state index is -0.218. The van der Waals surface area contributed by atoms with Gasteiger partial charge in [0.05, 0.1) is 12.2 Å². The van der Waals surface area contributed by atoms with Crippen molar-refractivity contribution in [3.05, 3.63) is 51.5 Å². The molecule has 0 aliphatic rings. The van der Waals surface area contributed by atoms with Gasteiger partial charge in [0.25, 0.3) is 5.56 Å². The second-order valence-electron chi connectivity index (χ2n) is 3.99. The van der Waals surface area contributed by atoms with Gasteiger partial charge in [0.15, 0.2) is 5.82 Å². The molecule has 0 amide bonds. The Morgan fingerprint density at radius 2 is 2.05 bits per heavy atom. The number of fused-ring (bicyclic) bond motifs is 1. The van der Waals surface area contributed by atoms with Crippen LogP contribution in [0.2, 0.25) is 5.02 Å². The number of hydrogen-bond donors (Lipinski definition) is 2. The molecule has 0 fully saturated rings. The zero-order valence-corrected chi connectivity index (χ0v) is 10.6.